The summed E-state index contributed by atoms with van der Waals surface area (Å²) in [5.41, 5.74) is 14.3. The summed E-state index contributed by atoms with van der Waals surface area (Å²) in [4.78, 5) is 0. The van der Waals surface area contributed by atoms with Gasteiger partial charge in [0.15, 0.2) is 0 Å². The Kier molecular flexibility index (Phi) is 53.0. The van der Waals surface area contributed by atoms with E-state index in [1.807, 2.05) is 6.49 Å². The van der Waals surface area contributed by atoms with Crippen molar-refractivity contribution in [3.05, 3.63) is 127 Å². The minimum absolute atomic E-state index is 0. The van der Waals surface area contributed by atoms with Gasteiger partial charge in [-0.2, -0.15) is 0 Å². The van der Waals surface area contributed by atoms with E-state index in [9.17, 15) is 0 Å². The molecule has 6 rings (SSSR count). The van der Waals surface area contributed by atoms with Crippen molar-refractivity contribution >= 4 is 26.4 Å². The third kappa shape index (κ3) is 38.0. The zero-order chi connectivity index (χ0) is 72.6. The van der Waals surface area contributed by atoms with Crippen LogP contribution in [0.15, 0.2) is 94.3 Å². The molecule has 0 spiro atoms. The van der Waals surface area contributed by atoms with E-state index < -0.39 is 21.3 Å². The molecule has 4 aromatic carbocycles. The van der Waals surface area contributed by atoms with Gasteiger partial charge in [0.05, 0.1) is 0 Å². The Labute approximate surface area is 675 Å². The van der Waals surface area contributed by atoms with Gasteiger partial charge in [-0.25, -0.2) is 0 Å². The summed E-state index contributed by atoms with van der Waals surface area (Å²) in [7, 11) is 0. The first-order chi connectivity index (χ1) is 49.8. The third-order valence-electron chi connectivity index (χ3n) is 23.7. The van der Waals surface area contributed by atoms with E-state index in [1.165, 1.54) is 417 Å². The number of allylic oxidation sites excluding steroid dienone is 4. The third-order valence-corrected chi connectivity index (χ3v) is 32.8. The first-order valence-corrected chi connectivity index (χ1v) is 49.4. The number of hydrogen-bond acceptors (Lipinski definition) is 0. The molecule has 2 aliphatic carbocycles. The number of hydrogen-bond donors (Lipinski definition) is 0. The smallest absolute Gasteiger partial charge is 1.00 e. The normalized spacial score (nSPS) is 12.7. The summed E-state index contributed by atoms with van der Waals surface area (Å²) in [6.45, 7) is 19.1. The van der Waals surface area contributed by atoms with Gasteiger partial charge in [-0.15, -0.1) is 0 Å². The average molecular weight is 1580 g/mol. The molecular formula is C99H158Cl4Zr. The van der Waals surface area contributed by atoms with Gasteiger partial charge >= 0.3 is 411 Å². The molecular weight excluding hydrogens is 1420 g/mol. The van der Waals surface area contributed by atoms with Crippen LogP contribution in [-0.2, 0) is 32.1 Å². The second-order valence-corrected chi connectivity index (χ2v) is 42.5. The molecule has 104 heavy (non-hydrogen) atoms. The second-order valence-electron chi connectivity index (χ2n) is 34.9. The van der Waals surface area contributed by atoms with Crippen molar-refractivity contribution in [2.45, 2.75) is 449 Å². The van der Waals surface area contributed by atoms with Crippen LogP contribution < -0.4 is 24.8 Å². The Balaban J connectivity index is 0.0000114. The van der Waals surface area contributed by atoms with Crippen molar-refractivity contribution in [3.63, 3.8) is 0 Å². The molecule has 0 nitrogen and oxygen atoms in total. The molecule has 0 aliphatic heterocycles. The van der Waals surface area contributed by atoms with Crippen LogP contribution in [0.25, 0.3) is 33.4 Å². The van der Waals surface area contributed by atoms with E-state index in [0.717, 1.165) is 16.5 Å². The van der Waals surface area contributed by atoms with Crippen molar-refractivity contribution < 1.29 is 46.1 Å². The largest absolute Gasteiger partial charge is 1.00 e. The van der Waals surface area contributed by atoms with Crippen molar-refractivity contribution in [3.8, 4) is 33.4 Å². The predicted molar refractivity (Wildman–Crippen MR) is 458 cm³/mol. The van der Waals surface area contributed by atoms with Gasteiger partial charge in [-0.05, 0) is 0 Å². The quantitative estimate of drug-likeness (QED) is 0.0387. The first-order valence-electron chi connectivity index (χ1n) is 44.8. The van der Waals surface area contributed by atoms with Gasteiger partial charge in [0, 0.05) is 0 Å². The zero-order valence-corrected chi connectivity index (χ0v) is 74.5. The molecule has 4 aromatic rings. The minimum atomic E-state index is -2.73. The Morgan fingerprint density at radius 2 is 0.548 bits per heavy atom. The van der Waals surface area contributed by atoms with Crippen LogP contribution in [0.3, 0.4) is 0 Å². The van der Waals surface area contributed by atoms with Crippen LogP contribution in [0.1, 0.15) is 460 Å². The molecule has 0 atom stereocenters. The fraction of sp³-hybridized carbons (Fsp3) is 0.707. The maximum atomic E-state index is 6.66. The van der Waals surface area contributed by atoms with Gasteiger partial charge in [0.2, 0.25) is 0 Å². The van der Waals surface area contributed by atoms with Gasteiger partial charge in [-0.1, -0.05) is 245 Å². The van der Waals surface area contributed by atoms with Gasteiger partial charge in [-0.3, -0.25) is 0 Å². The van der Waals surface area contributed by atoms with Gasteiger partial charge < -0.3 is 24.8 Å². The number of fused-ring (bicyclic) bond motifs is 3. The van der Waals surface area contributed by atoms with Crippen LogP contribution in [0.4, 0.5) is 0 Å². The van der Waals surface area contributed by atoms with Crippen LogP contribution in [0.2, 0.25) is 10.0 Å². The molecule has 0 fully saturated rings. The van der Waals surface area contributed by atoms with Gasteiger partial charge in [0.1, 0.15) is 0 Å². The molecule has 0 heterocycles. The van der Waals surface area contributed by atoms with Crippen LogP contribution >= 0.6 is 23.2 Å². The zero-order valence-electron chi connectivity index (χ0n) is 69.0. The fourth-order valence-corrected chi connectivity index (χ4v) is 27.0. The topological polar surface area (TPSA) is 0 Å². The SMILES string of the molecule is CCCCCCCCCCCCCCCCCCCCCCCCCCCCCC[C](CCCCCCCCCCCCCCCCCCCCCCCCCCCCCC)=[Zr+2]([C]1=CC=CC1)[CH]1c2cc(-c3ccc(Cl)cc3)c(C(C)(C)C)cc2-c2cc(C(C)(C)C)c(-c3ccc(Cl)cc3)cc21.[Cl-].[Cl-]. The summed E-state index contributed by atoms with van der Waals surface area (Å²) in [5.74, 6) is 0. The Hall–Kier alpha value is -1.73. The van der Waals surface area contributed by atoms with Crippen molar-refractivity contribution in [1.82, 2.24) is 0 Å². The monoisotopic (exact) mass is 1580 g/mol. The Morgan fingerprint density at radius 1 is 0.317 bits per heavy atom. The summed E-state index contributed by atoms with van der Waals surface area (Å²) in [5, 5.41) is 1.60. The molecule has 0 aromatic heterocycles. The first kappa shape index (κ1) is 94.6. The Bertz CT molecular complexity index is 2720. The molecule has 0 saturated carbocycles. The number of unbranched alkanes of at least 4 members (excludes halogenated alkanes) is 54. The van der Waals surface area contributed by atoms with Crippen molar-refractivity contribution in [1.29, 1.82) is 0 Å². The maximum absolute atomic E-state index is 6.66. The second kappa shape index (κ2) is 58.2. The number of benzene rings is 4. The van der Waals surface area contributed by atoms with Crippen LogP contribution in [-0.4, -0.2) is 3.21 Å². The molecule has 0 amide bonds. The molecule has 0 bridgehead atoms. The van der Waals surface area contributed by atoms with E-state index in [4.69, 9.17) is 23.2 Å². The number of rotatable bonds is 62. The van der Waals surface area contributed by atoms with Crippen LogP contribution in [0.5, 0.6) is 0 Å². The van der Waals surface area contributed by atoms with E-state index in [-0.39, 0.29) is 35.6 Å². The molecule has 0 unspecified atom stereocenters. The molecule has 2 aliphatic rings. The summed E-state index contributed by atoms with van der Waals surface area (Å²) >= 11 is 10.6. The van der Waals surface area contributed by atoms with Crippen LogP contribution in [0, 0.1) is 0 Å². The Morgan fingerprint density at radius 3 is 0.760 bits per heavy atom. The van der Waals surface area contributed by atoms with E-state index in [0.29, 0.717) is 3.63 Å². The summed E-state index contributed by atoms with van der Waals surface area (Å²) in [6, 6.07) is 28.3. The molecule has 0 N–H and O–H groups in total. The predicted octanol–water partition coefficient (Wildman–Crippen LogP) is 29.3. The minimum Gasteiger partial charge on any atom is -1.00 e. The summed E-state index contributed by atoms with van der Waals surface area (Å²) in [6.07, 6.45) is 92.3. The standard InChI is InChI=1S/C61H122.C33H31Cl2.C5H5.2ClH.Zr/c1-3-5-7-9-11-13-15-17-19-21-23-25-27-29-31-33-35-37-39-41-43-45-47-49-51-53-55-57-59-61-60-58-56-54-52-50-48-46-44-42-40-38-36-34-32-30-28-26-24-22-20-18-16-14-12-10-8-6-4-2;1-32(2,3)30-18-26-22(16-28(30)20-7-11-24(34)12-8-20)15-23-17-29(21-9-13-25(35)14-10-21)31(19-27(23)26)33(4,5)6;1-2-4-5-3-1;;;/h3-60H2,1-2H3;7-19H,1-6H3;1-3H,4H2;2*1H;/q;;;;;+2/p-2. The van der Waals surface area contributed by atoms with Crippen molar-refractivity contribution in [2.75, 3.05) is 0 Å². The maximum Gasteiger partial charge on any atom is -1.00 e. The fourth-order valence-electron chi connectivity index (χ4n) is 17.3. The molecule has 5 heteroatoms. The van der Waals surface area contributed by atoms with E-state index in [1.54, 1.807) is 11.1 Å². The molecule has 0 radical (unpaired) electrons. The summed E-state index contributed by atoms with van der Waals surface area (Å²) < 4.78 is 4.25. The molecule has 0 saturated heterocycles. The van der Waals surface area contributed by atoms with E-state index >= 15 is 0 Å². The van der Waals surface area contributed by atoms with E-state index in [2.05, 4.69) is 146 Å². The average Bonchev–Trinajstić information content (AvgIpc) is 1.56. The molecule has 586 valence electrons. The van der Waals surface area contributed by atoms with Crippen molar-refractivity contribution in [2.24, 2.45) is 0 Å². The van der Waals surface area contributed by atoms with Gasteiger partial charge in [0.25, 0.3) is 0 Å². The number of halogens is 4.